The second kappa shape index (κ2) is 5.72. The van der Waals surface area contributed by atoms with E-state index in [2.05, 4.69) is 20.9 Å². The Morgan fingerprint density at radius 2 is 2.32 bits per heavy atom. The molecule has 0 radical (unpaired) electrons. The fourth-order valence-electron chi connectivity index (χ4n) is 2.22. The number of ether oxygens (including phenoxy) is 1. The van der Waals surface area contributed by atoms with Gasteiger partial charge in [0.2, 0.25) is 0 Å². The van der Waals surface area contributed by atoms with Gasteiger partial charge in [0.25, 0.3) is 0 Å². The van der Waals surface area contributed by atoms with Gasteiger partial charge >= 0.3 is 5.97 Å². The van der Waals surface area contributed by atoms with Gasteiger partial charge < -0.3 is 15.4 Å². The van der Waals surface area contributed by atoms with Crippen LogP contribution in [0.3, 0.4) is 0 Å². The predicted molar refractivity (Wildman–Crippen MR) is 84.7 cm³/mol. The number of esters is 1. The molecule has 8 heteroatoms. The van der Waals surface area contributed by atoms with Crippen molar-refractivity contribution in [3.05, 3.63) is 35.0 Å². The van der Waals surface area contributed by atoms with Crippen molar-refractivity contribution in [2.75, 3.05) is 6.54 Å². The van der Waals surface area contributed by atoms with E-state index in [-0.39, 0.29) is 12.6 Å². The number of hydrogen-bond donors (Lipinski definition) is 2. The first kappa shape index (κ1) is 14.5. The van der Waals surface area contributed by atoms with Crippen molar-refractivity contribution in [1.29, 1.82) is 0 Å². The fraction of sp³-hybridized carbons (Fsp3) is 0.286. The summed E-state index contributed by atoms with van der Waals surface area (Å²) < 4.78 is 7.05. The van der Waals surface area contributed by atoms with E-state index < -0.39 is 0 Å². The zero-order valence-electron chi connectivity index (χ0n) is 12.2. The highest BCUT2D eigenvalue weighted by atomic mass is 32.1. The van der Waals surface area contributed by atoms with Crippen LogP contribution in [0.15, 0.2) is 29.5 Å². The number of aromatic nitrogens is 3. The molecule has 2 N–H and O–H groups in total. The number of nitrogens with one attached hydrogen (secondary N) is 2. The summed E-state index contributed by atoms with van der Waals surface area (Å²) >= 11 is 4.99. The van der Waals surface area contributed by atoms with Crippen LogP contribution in [-0.4, -0.2) is 32.6 Å². The molecule has 0 unspecified atom stereocenters. The van der Waals surface area contributed by atoms with Gasteiger partial charge in [-0.25, -0.2) is 9.48 Å². The third kappa shape index (κ3) is 2.77. The number of carbonyl (C=O) groups excluding carboxylic acids is 1. The highest BCUT2D eigenvalue weighted by Crippen LogP contribution is 2.14. The first-order valence-electron chi connectivity index (χ1n) is 6.74. The van der Waals surface area contributed by atoms with Crippen molar-refractivity contribution in [3.63, 3.8) is 0 Å². The molecule has 0 saturated carbocycles. The minimum absolute atomic E-state index is 0.196. The minimum Gasteiger partial charge on any atom is -0.457 e. The van der Waals surface area contributed by atoms with Crippen LogP contribution in [0.4, 0.5) is 0 Å². The molecule has 1 aliphatic rings. The average molecular weight is 317 g/mol. The molecular formula is C14H15N5O2S. The molecule has 1 aromatic carbocycles. The lowest BCUT2D eigenvalue weighted by atomic mass is 10.2. The Balaban J connectivity index is 1.71. The molecule has 2 aromatic rings. The Labute approximate surface area is 132 Å². The topological polar surface area (TPSA) is 81.1 Å². The summed E-state index contributed by atoms with van der Waals surface area (Å²) in [6, 6.07) is 5.65. The smallest absolute Gasteiger partial charge is 0.337 e. The van der Waals surface area contributed by atoms with Crippen molar-refractivity contribution < 1.29 is 9.53 Å². The summed E-state index contributed by atoms with van der Waals surface area (Å²) in [4.78, 5) is 12.1. The number of carbonyl (C=O) groups is 1. The van der Waals surface area contributed by atoms with Crippen LogP contribution in [-0.2, 0) is 23.2 Å². The number of aryl methyl sites for hydroxylation is 1. The van der Waals surface area contributed by atoms with Gasteiger partial charge in [0, 0.05) is 12.7 Å². The first-order valence-corrected chi connectivity index (χ1v) is 7.15. The van der Waals surface area contributed by atoms with Crippen molar-refractivity contribution in [1.82, 2.24) is 25.6 Å². The zero-order valence-corrected chi connectivity index (χ0v) is 13.0. The van der Waals surface area contributed by atoms with E-state index in [9.17, 15) is 4.79 Å². The summed E-state index contributed by atoms with van der Waals surface area (Å²) in [6.45, 7) is 2.37. The number of rotatable bonds is 3. The molecule has 1 aromatic heterocycles. The van der Waals surface area contributed by atoms with E-state index in [1.165, 1.54) is 0 Å². The van der Waals surface area contributed by atoms with Gasteiger partial charge in [0.1, 0.15) is 12.1 Å². The summed E-state index contributed by atoms with van der Waals surface area (Å²) in [5.74, 6) is -0.358. The number of thiocarbonyl (C=S) groups is 1. The maximum atomic E-state index is 12.1. The normalized spacial score (nSPS) is 14.7. The molecule has 0 fully saturated rings. The lowest BCUT2D eigenvalue weighted by Gasteiger charge is -2.20. The molecule has 0 saturated heterocycles. The molecule has 3 rings (SSSR count). The molecule has 7 nitrogen and oxygen atoms in total. The zero-order chi connectivity index (χ0) is 15.7. The van der Waals surface area contributed by atoms with E-state index in [0.717, 1.165) is 22.3 Å². The van der Waals surface area contributed by atoms with Crippen LogP contribution >= 0.6 is 12.2 Å². The van der Waals surface area contributed by atoms with Gasteiger partial charge in [-0.2, -0.15) is 0 Å². The highest BCUT2D eigenvalue weighted by Gasteiger charge is 2.19. The van der Waals surface area contributed by atoms with Gasteiger partial charge in [-0.1, -0.05) is 11.3 Å². The van der Waals surface area contributed by atoms with Crippen molar-refractivity contribution in [2.45, 2.75) is 13.5 Å². The highest BCUT2D eigenvalue weighted by molar-refractivity contribution is 7.80. The molecule has 0 spiro atoms. The third-order valence-electron chi connectivity index (χ3n) is 3.47. The average Bonchev–Trinajstić information content (AvgIpc) is 2.86. The number of benzene rings is 1. The lowest BCUT2D eigenvalue weighted by molar-refractivity contribution is -0.140. The van der Waals surface area contributed by atoms with Crippen molar-refractivity contribution in [3.8, 4) is 0 Å². The number of fused-ring (bicyclic) bond motifs is 1. The monoisotopic (exact) mass is 317 g/mol. The molecule has 0 amide bonds. The largest absolute Gasteiger partial charge is 0.457 e. The van der Waals surface area contributed by atoms with Gasteiger partial charge in [-0.3, -0.25) is 0 Å². The quantitative estimate of drug-likeness (QED) is 0.639. The maximum absolute atomic E-state index is 12.1. The summed E-state index contributed by atoms with van der Waals surface area (Å²) in [6.07, 6.45) is 0. The number of hydrogen-bond acceptors (Lipinski definition) is 5. The Kier molecular flexibility index (Phi) is 3.76. The summed E-state index contributed by atoms with van der Waals surface area (Å²) in [5.41, 5.74) is 3.87. The van der Waals surface area contributed by atoms with E-state index >= 15 is 0 Å². The fourth-order valence-corrected chi connectivity index (χ4v) is 2.44. The van der Waals surface area contributed by atoms with Crippen LogP contribution in [0.2, 0.25) is 0 Å². The molecule has 0 atom stereocenters. The van der Waals surface area contributed by atoms with Crippen LogP contribution in [0.5, 0.6) is 0 Å². The second-order valence-corrected chi connectivity index (χ2v) is 5.43. The summed E-state index contributed by atoms with van der Waals surface area (Å²) in [5, 5.41) is 14.3. The molecule has 22 heavy (non-hydrogen) atoms. The maximum Gasteiger partial charge on any atom is 0.337 e. The van der Waals surface area contributed by atoms with E-state index in [0.29, 0.717) is 17.2 Å². The Hall–Kier alpha value is -2.48. The van der Waals surface area contributed by atoms with Crippen LogP contribution < -0.4 is 10.6 Å². The standard InChI is InChI=1S/C14H15N5O2S/c1-8-10(6-15-14(22)16-8)13(20)21-7-9-3-4-11-12(5-9)19(2)18-17-11/h3-5H,6-7H2,1-2H3,(H2,15,16,22). The van der Waals surface area contributed by atoms with Gasteiger partial charge in [0.15, 0.2) is 5.11 Å². The van der Waals surface area contributed by atoms with Crippen LogP contribution in [0, 0.1) is 0 Å². The van der Waals surface area contributed by atoms with Gasteiger partial charge in [-0.15, -0.1) is 5.10 Å². The Bertz CT molecular complexity index is 796. The molecule has 2 heterocycles. The Morgan fingerprint density at radius 3 is 3.09 bits per heavy atom. The second-order valence-electron chi connectivity index (χ2n) is 5.02. The van der Waals surface area contributed by atoms with E-state index in [1.807, 2.05) is 25.2 Å². The van der Waals surface area contributed by atoms with E-state index in [1.54, 1.807) is 11.6 Å². The molecular weight excluding hydrogens is 302 g/mol. The summed E-state index contributed by atoms with van der Waals surface area (Å²) in [7, 11) is 1.82. The van der Waals surface area contributed by atoms with Crippen molar-refractivity contribution >= 4 is 34.3 Å². The molecule has 0 aliphatic carbocycles. The van der Waals surface area contributed by atoms with Gasteiger partial charge in [0.05, 0.1) is 17.6 Å². The lowest BCUT2D eigenvalue weighted by Crippen LogP contribution is -2.42. The van der Waals surface area contributed by atoms with Crippen LogP contribution in [0.1, 0.15) is 12.5 Å². The van der Waals surface area contributed by atoms with Crippen molar-refractivity contribution in [2.24, 2.45) is 7.05 Å². The first-order chi connectivity index (χ1) is 10.5. The molecule has 0 bridgehead atoms. The van der Waals surface area contributed by atoms with Gasteiger partial charge in [-0.05, 0) is 36.8 Å². The number of allylic oxidation sites excluding steroid dienone is 1. The van der Waals surface area contributed by atoms with Crippen LogP contribution in [0.25, 0.3) is 11.0 Å². The molecule has 1 aliphatic heterocycles. The number of nitrogens with zero attached hydrogens (tertiary/aromatic N) is 3. The third-order valence-corrected chi connectivity index (χ3v) is 3.72. The molecule has 114 valence electrons. The SMILES string of the molecule is CC1=C(C(=O)OCc2ccc3nnn(C)c3c2)CNC(=S)N1. The minimum atomic E-state index is -0.358. The predicted octanol–water partition coefficient (Wildman–Crippen LogP) is 0.763. The van der Waals surface area contributed by atoms with E-state index in [4.69, 9.17) is 17.0 Å². The Morgan fingerprint density at radius 1 is 1.50 bits per heavy atom.